The Balaban J connectivity index is 1.68. The Morgan fingerprint density at radius 2 is 2.45 bits per heavy atom. The summed E-state index contributed by atoms with van der Waals surface area (Å²) in [7, 11) is 0. The third-order valence-corrected chi connectivity index (χ3v) is 4.54. The van der Waals surface area contributed by atoms with Gasteiger partial charge in [0.2, 0.25) is 5.91 Å². The molecule has 20 heavy (non-hydrogen) atoms. The minimum atomic E-state index is 0.0367. The van der Waals surface area contributed by atoms with Crippen molar-refractivity contribution < 1.29 is 14.3 Å². The monoisotopic (exact) mass is 277 g/mol. The summed E-state index contributed by atoms with van der Waals surface area (Å²) in [5, 5.41) is 0. The molecule has 0 unspecified atom stereocenters. The number of carbonyl (C=O) groups excluding carboxylic acids is 1. The van der Waals surface area contributed by atoms with E-state index < -0.39 is 0 Å². The summed E-state index contributed by atoms with van der Waals surface area (Å²) in [6, 6.07) is 0.188. The highest BCUT2D eigenvalue weighted by molar-refractivity contribution is 5.94. The molecule has 1 saturated heterocycles. The number of carbonyl (C=O) groups is 1. The number of nitrogens with zero attached hydrogens (tertiary/aromatic N) is 1. The normalized spacial score (nSPS) is 32.9. The highest BCUT2D eigenvalue weighted by Crippen LogP contribution is 2.33. The second-order valence-electron chi connectivity index (χ2n) is 5.76. The molecule has 110 valence electrons. The summed E-state index contributed by atoms with van der Waals surface area (Å²) in [5.74, 6) is 0.227. The Labute approximate surface area is 120 Å². The van der Waals surface area contributed by atoms with E-state index in [-0.39, 0.29) is 24.2 Å². The van der Waals surface area contributed by atoms with Crippen LogP contribution in [0.4, 0.5) is 0 Å². The number of morpholine rings is 1. The first kappa shape index (κ1) is 13.8. The largest absolute Gasteiger partial charge is 0.372 e. The van der Waals surface area contributed by atoms with Crippen LogP contribution in [0, 0.1) is 0 Å². The molecule has 0 aromatic carbocycles. The summed E-state index contributed by atoms with van der Waals surface area (Å²) >= 11 is 0. The number of amides is 1. The van der Waals surface area contributed by atoms with E-state index in [1.54, 1.807) is 6.08 Å². The van der Waals surface area contributed by atoms with Crippen molar-refractivity contribution >= 4 is 5.91 Å². The number of fused-ring (bicyclic) bond motifs is 1. The average Bonchev–Trinajstić information content (AvgIpc) is 3.13. The van der Waals surface area contributed by atoms with Crippen molar-refractivity contribution in [2.75, 3.05) is 19.8 Å². The summed E-state index contributed by atoms with van der Waals surface area (Å²) in [5.41, 5.74) is 1.00. The van der Waals surface area contributed by atoms with Gasteiger partial charge in [-0.2, -0.15) is 0 Å². The molecule has 4 nitrogen and oxygen atoms in total. The van der Waals surface area contributed by atoms with E-state index in [0.717, 1.165) is 37.7 Å². The second kappa shape index (κ2) is 6.10. The van der Waals surface area contributed by atoms with Gasteiger partial charge in [0.1, 0.15) is 6.10 Å². The molecule has 2 aliphatic carbocycles. The van der Waals surface area contributed by atoms with Gasteiger partial charge < -0.3 is 14.4 Å². The Bertz CT molecular complexity index is 418. The molecule has 1 heterocycles. The number of allylic oxidation sites excluding steroid dienone is 1. The van der Waals surface area contributed by atoms with Crippen LogP contribution in [0.15, 0.2) is 24.3 Å². The van der Waals surface area contributed by atoms with Crippen LogP contribution in [-0.2, 0) is 14.3 Å². The van der Waals surface area contributed by atoms with Gasteiger partial charge in [-0.05, 0) is 32.1 Å². The van der Waals surface area contributed by atoms with Crippen LogP contribution in [-0.4, -0.2) is 48.8 Å². The molecule has 0 spiro atoms. The van der Waals surface area contributed by atoms with Crippen LogP contribution in [0.3, 0.4) is 0 Å². The Hall–Kier alpha value is -1.13. The molecular weight excluding hydrogens is 254 g/mol. The van der Waals surface area contributed by atoms with E-state index in [4.69, 9.17) is 9.47 Å². The van der Waals surface area contributed by atoms with Gasteiger partial charge in [-0.15, -0.1) is 6.58 Å². The summed E-state index contributed by atoms with van der Waals surface area (Å²) in [4.78, 5) is 14.6. The number of hydrogen-bond acceptors (Lipinski definition) is 3. The minimum absolute atomic E-state index is 0.0367. The fourth-order valence-electron chi connectivity index (χ4n) is 3.59. The van der Waals surface area contributed by atoms with Gasteiger partial charge in [-0.3, -0.25) is 4.79 Å². The second-order valence-corrected chi connectivity index (χ2v) is 5.76. The lowest BCUT2D eigenvalue weighted by Crippen LogP contribution is -2.54. The van der Waals surface area contributed by atoms with Crippen LogP contribution in [0.2, 0.25) is 0 Å². The van der Waals surface area contributed by atoms with Gasteiger partial charge in [0, 0.05) is 12.1 Å². The molecule has 1 aliphatic heterocycles. The molecular formula is C16H23NO3. The average molecular weight is 277 g/mol. The lowest BCUT2D eigenvalue weighted by molar-refractivity contribution is -0.147. The zero-order valence-electron chi connectivity index (χ0n) is 11.9. The first-order valence-electron chi connectivity index (χ1n) is 7.65. The Morgan fingerprint density at radius 3 is 3.20 bits per heavy atom. The van der Waals surface area contributed by atoms with E-state index in [2.05, 4.69) is 12.7 Å². The van der Waals surface area contributed by atoms with Crippen molar-refractivity contribution in [1.82, 2.24) is 4.90 Å². The van der Waals surface area contributed by atoms with Crippen LogP contribution < -0.4 is 0 Å². The van der Waals surface area contributed by atoms with Crippen LogP contribution in [0.25, 0.3) is 0 Å². The van der Waals surface area contributed by atoms with Crippen LogP contribution >= 0.6 is 0 Å². The van der Waals surface area contributed by atoms with Gasteiger partial charge in [-0.1, -0.05) is 12.2 Å². The summed E-state index contributed by atoms with van der Waals surface area (Å²) in [6.45, 7) is 5.57. The number of rotatable bonds is 4. The summed E-state index contributed by atoms with van der Waals surface area (Å²) < 4.78 is 11.7. The first-order chi connectivity index (χ1) is 9.81. The molecule has 0 radical (unpaired) electrons. The topological polar surface area (TPSA) is 38.8 Å². The third-order valence-electron chi connectivity index (χ3n) is 4.54. The highest BCUT2D eigenvalue weighted by Gasteiger charge is 2.45. The predicted octanol–water partition coefficient (Wildman–Crippen LogP) is 2.06. The Morgan fingerprint density at radius 1 is 1.55 bits per heavy atom. The van der Waals surface area contributed by atoms with E-state index in [0.29, 0.717) is 19.8 Å². The molecule has 3 atom stereocenters. The lowest BCUT2D eigenvalue weighted by atomic mass is 10.1. The minimum Gasteiger partial charge on any atom is -0.372 e. The van der Waals surface area contributed by atoms with Gasteiger partial charge in [-0.25, -0.2) is 0 Å². The van der Waals surface area contributed by atoms with Gasteiger partial charge in [0.15, 0.2) is 0 Å². The SMILES string of the molecule is C=CCO[C@@H]1CC[C@@H]2[C@@H]1OCCN2C(=O)C1=CCCC1. The zero-order valence-corrected chi connectivity index (χ0v) is 11.9. The van der Waals surface area contributed by atoms with E-state index in [1.165, 1.54) is 0 Å². The molecule has 0 N–H and O–H groups in total. The molecule has 4 heteroatoms. The number of ether oxygens (including phenoxy) is 2. The smallest absolute Gasteiger partial charge is 0.249 e. The summed E-state index contributed by atoms with van der Waals surface area (Å²) in [6.07, 6.45) is 9.05. The number of hydrogen-bond donors (Lipinski definition) is 0. The van der Waals surface area contributed by atoms with E-state index >= 15 is 0 Å². The van der Waals surface area contributed by atoms with Crippen molar-refractivity contribution in [3.63, 3.8) is 0 Å². The Kier molecular flexibility index (Phi) is 4.22. The quantitative estimate of drug-likeness (QED) is 0.738. The molecule has 2 fully saturated rings. The lowest BCUT2D eigenvalue weighted by Gasteiger charge is -2.39. The first-order valence-corrected chi connectivity index (χ1v) is 7.65. The maximum absolute atomic E-state index is 12.6. The fourth-order valence-corrected chi connectivity index (χ4v) is 3.59. The van der Waals surface area contributed by atoms with Gasteiger partial charge in [0.05, 0.1) is 25.4 Å². The van der Waals surface area contributed by atoms with E-state index in [9.17, 15) is 4.79 Å². The maximum atomic E-state index is 12.6. The third kappa shape index (κ3) is 2.54. The van der Waals surface area contributed by atoms with Gasteiger partial charge in [0.25, 0.3) is 0 Å². The van der Waals surface area contributed by atoms with Crippen molar-refractivity contribution in [2.45, 2.75) is 50.4 Å². The van der Waals surface area contributed by atoms with E-state index in [1.807, 2.05) is 4.90 Å². The van der Waals surface area contributed by atoms with Crippen LogP contribution in [0.5, 0.6) is 0 Å². The highest BCUT2D eigenvalue weighted by atomic mass is 16.5. The standard InChI is InChI=1S/C16H23NO3/c1-2-10-19-14-8-7-13-15(14)20-11-9-17(13)16(18)12-5-3-4-6-12/h2,5,13-15H,1,3-4,6-11H2/t13-,14-,15+/m1/s1. The van der Waals surface area contributed by atoms with Crippen molar-refractivity contribution in [2.24, 2.45) is 0 Å². The molecule has 0 aromatic rings. The molecule has 1 amide bonds. The van der Waals surface area contributed by atoms with Crippen LogP contribution in [0.1, 0.15) is 32.1 Å². The maximum Gasteiger partial charge on any atom is 0.249 e. The predicted molar refractivity (Wildman–Crippen MR) is 76.3 cm³/mol. The zero-order chi connectivity index (χ0) is 13.9. The van der Waals surface area contributed by atoms with Crippen molar-refractivity contribution in [3.8, 4) is 0 Å². The molecule has 0 bridgehead atoms. The van der Waals surface area contributed by atoms with Gasteiger partial charge >= 0.3 is 0 Å². The van der Waals surface area contributed by atoms with Crippen molar-refractivity contribution in [3.05, 3.63) is 24.3 Å². The van der Waals surface area contributed by atoms with Crippen molar-refractivity contribution in [1.29, 1.82) is 0 Å². The molecule has 3 rings (SSSR count). The molecule has 3 aliphatic rings. The fraction of sp³-hybridized carbons (Fsp3) is 0.688. The molecule has 1 saturated carbocycles. The molecule has 0 aromatic heterocycles.